The quantitative estimate of drug-likeness (QED) is 0.545. The summed E-state index contributed by atoms with van der Waals surface area (Å²) in [6.07, 6.45) is 2.14. The summed E-state index contributed by atoms with van der Waals surface area (Å²) in [5.74, 6) is 3.87. The molecule has 0 radical (unpaired) electrons. The lowest BCUT2D eigenvalue weighted by Gasteiger charge is -2.29. The molecule has 9 heteroatoms. The van der Waals surface area contributed by atoms with E-state index in [1.54, 1.807) is 36.1 Å². The summed E-state index contributed by atoms with van der Waals surface area (Å²) in [6.45, 7) is 0.557. The van der Waals surface area contributed by atoms with Crippen molar-refractivity contribution in [3.8, 4) is 11.8 Å². The van der Waals surface area contributed by atoms with E-state index in [2.05, 4.69) is 27.6 Å². The van der Waals surface area contributed by atoms with Crippen molar-refractivity contribution in [1.82, 2.24) is 25.3 Å². The number of fused-ring (bicyclic) bond motifs is 1. The Balaban J connectivity index is 1.40. The van der Waals surface area contributed by atoms with Crippen molar-refractivity contribution in [1.29, 1.82) is 0 Å². The zero-order valence-electron chi connectivity index (χ0n) is 16.3. The minimum absolute atomic E-state index is 0.216. The van der Waals surface area contributed by atoms with Crippen LogP contribution in [0.5, 0.6) is 0 Å². The monoisotopic (exact) mass is 405 g/mol. The SMILES string of the molecule is Cn1nccc1C#CC(=O)NCc1ccc2c(c1)CN(C1CCC(=O)NC1=O)C2=O. The molecule has 2 N–H and O–H groups in total. The van der Waals surface area contributed by atoms with Crippen LogP contribution in [0, 0.1) is 11.8 Å². The maximum absolute atomic E-state index is 12.7. The number of benzene rings is 1. The molecule has 4 rings (SSSR count). The highest BCUT2D eigenvalue weighted by Gasteiger charge is 2.38. The van der Waals surface area contributed by atoms with Gasteiger partial charge in [0.05, 0.1) is 6.20 Å². The van der Waals surface area contributed by atoms with E-state index in [0.717, 1.165) is 11.1 Å². The minimum Gasteiger partial charge on any atom is -0.341 e. The van der Waals surface area contributed by atoms with Crippen molar-refractivity contribution in [3.63, 3.8) is 0 Å². The van der Waals surface area contributed by atoms with Crippen LogP contribution in [0.3, 0.4) is 0 Å². The number of nitrogens with zero attached hydrogens (tertiary/aromatic N) is 3. The Labute approximate surface area is 172 Å². The van der Waals surface area contributed by atoms with E-state index in [4.69, 9.17) is 0 Å². The van der Waals surface area contributed by atoms with Gasteiger partial charge in [0, 0.05) is 38.0 Å². The third-order valence-corrected chi connectivity index (χ3v) is 5.17. The molecule has 1 fully saturated rings. The summed E-state index contributed by atoms with van der Waals surface area (Å²) in [5, 5.41) is 9.00. The molecule has 0 bridgehead atoms. The van der Waals surface area contributed by atoms with Crippen molar-refractivity contribution >= 4 is 23.6 Å². The summed E-state index contributed by atoms with van der Waals surface area (Å²) in [7, 11) is 1.74. The standard InChI is InChI=1S/C21H19N5O4/c1-25-15(8-9-23-25)3-6-18(27)22-11-13-2-4-16-14(10-13)12-26(21(16)30)17-5-7-19(28)24-20(17)29/h2,4,8-10,17H,5,7,11-12H2,1H3,(H,22,27)(H,24,28,29). The Morgan fingerprint density at radius 2 is 2.13 bits per heavy atom. The van der Waals surface area contributed by atoms with Crippen molar-refractivity contribution in [2.24, 2.45) is 7.05 Å². The Morgan fingerprint density at radius 1 is 1.30 bits per heavy atom. The lowest BCUT2D eigenvalue weighted by atomic mass is 10.0. The Bertz CT molecular complexity index is 1120. The Hall–Kier alpha value is -3.93. The van der Waals surface area contributed by atoms with Gasteiger partial charge in [-0.1, -0.05) is 12.1 Å². The van der Waals surface area contributed by atoms with Gasteiger partial charge < -0.3 is 10.2 Å². The molecule has 1 aromatic heterocycles. The smallest absolute Gasteiger partial charge is 0.296 e. The number of aromatic nitrogens is 2. The summed E-state index contributed by atoms with van der Waals surface area (Å²) in [6, 6.07) is 6.37. The van der Waals surface area contributed by atoms with Crippen LogP contribution in [0.15, 0.2) is 30.5 Å². The molecule has 2 aliphatic rings. The van der Waals surface area contributed by atoms with Crippen LogP contribution in [-0.2, 0) is 34.5 Å². The molecule has 9 nitrogen and oxygen atoms in total. The molecule has 30 heavy (non-hydrogen) atoms. The lowest BCUT2D eigenvalue weighted by Crippen LogP contribution is -2.52. The van der Waals surface area contributed by atoms with E-state index in [9.17, 15) is 19.2 Å². The first-order valence-electron chi connectivity index (χ1n) is 9.46. The van der Waals surface area contributed by atoms with Gasteiger partial charge in [0.2, 0.25) is 11.8 Å². The molecule has 1 aromatic carbocycles. The fourth-order valence-corrected chi connectivity index (χ4v) is 3.58. The molecule has 0 saturated carbocycles. The maximum Gasteiger partial charge on any atom is 0.296 e. The normalized spacial score (nSPS) is 17.8. The van der Waals surface area contributed by atoms with Gasteiger partial charge in [-0.25, -0.2) is 0 Å². The molecule has 2 aliphatic heterocycles. The molecule has 1 atom stereocenters. The topological polar surface area (TPSA) is 113 Å². The molecule has 3 heterocycles. The maximum atomic E-state index is 12.7. The van der Waals surface area contributed by atoms with Gasteiger partial charge in [-0.15, -0.1) is 0 Å². The van der Waals surface area contributed by atoms with Crippen LogP contribution < -0.4 is 10.6 Å². The second kappa shape index (κ2) is 7.83. The van der Waals surface area contributed by atoms with Crippen LogP contribution >= 0.6 is 0 Å². The molecule has 1 unspecified atom stereocenters. The average molecular weight is 405 g/mol. The molecular formula is C21H19N5O4. The number of carbonyl (C=O) groups excluding carboxylic acids is 4. The van der Waals surface area contributed by atoms with E-state index in [1.165, 1.54) is 4.90 Å². The van der Waals surface area contributed by atoms with Crippen LogP contribution in [0.4, 0.5) is 0 Å². The number of piperidine rings is 1. The van der Waals surface area contributed by atoms with E-state index in [-0.39, 0.29) is 24.8 Å². The molecule has 152 valence electrons. The highest BCUT2D eigenvalue weighted by molar-refractivity contribution is 6.05. The van der Waals surface area contributed by atoms with Gasteiger partial charge in [-0.3, -0.25) is 29.2 Å². The predicted octanol–water partition coefficient (Wildman–Crippen LogP) is -0.151. The summed E-state index contributed by atoms with van der Waals surface area (Å²) in [4.78, 5) is 49.6. The van der Waals surface area contributed by atoms with Gasteiger partial charge >= 0.3 is 0 Å². The number of hydrogen-bond donors (Lipinski definition) is 2. The molecule has 1 saturated heterocycles. The summed E-state index contributed by atoms with van der Waals surface area (Å²) < 4.78 is 1.58. The van der Waals surface area contributed by atoms with Crippen LogP contribution in [0.2, 0.25) is 0 Å². The second-order valence-corrected chi connectivity index (χ2v) is 7.16. The largest absolute Gasteiger partial charge is 0.341 e. The molecule has 0 aliphatic carbocycles. The summed E-state index contributed by atoms with van der Waals surface area (Å²) in [5.41, 5.74) is 2.78. The third-order valence-electron chi connectivity index (χ3n) is 5.17. The first-order chi connectivity index (χ1) is 14.4. The number of rotatable bonds is 3. The molecule has 0 spiro atoms. The van der Waals surface area contributed by atoms with E-state index in [1.807, 2.05) is 6.07 Å². The molecule has 2 aromatic rings. The van der Waals surface area contributed by atoms with E-state index in [0.29, 0.717) is 24.2 Å². The summed E-state index contributed by atoms with van der Waals surface area (Å²) >= 11 is 0. The number of carbonyl (C=O) groups is 4. The number of amides is 4. The van der Waals surface area contributed by atoms with Gasteiger partial charge in [0.1, 0.15) is 11.7 Å². The fourth-order valence-electron chi connectivity index (χ4n) is 3.58. The number of nitrogens with one attached hydrogen (secondary N) is 2. The predicted molar refractivity (Wildman–Crippen MR) is 104 cm³/mol. The molecule has 4 amide bonds. The zero-order valence-corrected chi connectivity index (χ0v) is 16.3. The van der Waals surface area contributed by atoms with E-state index >= 15 is 0 Å². The van der Waals surface area contributed by atoms with Crippen molar-refractivity contribution in [3.05, 3.63) is 52.8 Å². The van der Waals surface area contributed by atoms with E-state index < -0.39 is 17.9 Å². The number of hydrogen-bond acceptors (Lipinski definition) is 5. The van der Waals surface area contributed by atoms with Crippen molar-refractivity contribution in [2.75, 3.05) is 0 Å². The van der Waals surface area contributed by atoms with Crippen LogP contribution in [-0.4, -0.2) is 44.4 Å². The van der Waals surface area contributed by atoms with Gasteiger partial charge in [0.25, 0.3) is 11.8 Å². The molecular weight excluding hydrogens is 386 g/mol. The second-order valence-electron chi connectivity index (χ2n) is 7.16. The highest BCUT2D eigenvalue weighted by Crippen LogP contribution is 2.28. The van der Waals surface area contributed by atoms with Crippen LogP contribution in [0.1, 0.15) is 40.0 Å². The first-order valence-corrected chi connectivity index (χ1v) is 9.46. The van der Waals surface area contributed by atoms with Crippen molar-refractivity contribution in [2.45, 2.75) is 32.0 Å². The zero-order chi connectivity index (χ0) is 21.3. The first kappa shape index (κ1) is 19.4. The van der Waals surface area contributed by atoms with Gasteiger partial charge in [0.15, 0.2) is 0 Å². The number of aryl methyl sites for hydroxylation is 1. The third kappa shape index (κ3) is 3.80. The van der Waals surface area contributed by atoms with Crippen LogP contribution in [0.25, 0.3) is 0 Å². The minimum atomic E-state index is -0.645. The van der Waals surface area contributed by atoms with Gasteiger partial charge in [-0.05, 0) is 35.6 Å². The number of imide groups is 1. The fraction of sp³-hybridized carbons (Fsp3) is 0.286. The van der Waals surface area contributed by atoms with Gasteiger partial charge in [-0.2, -0.15) is 5.10 Å². The highest BCUT2D eigenvalue weighted by atomic mass is 16.2. The lowest BCUT2D eigenvalue weighted by molar-refractivity contribution is -0.137. The van der Waals surface area contributed by atoms with Crippen molar-refractivity contribution < 1.29 is 19.2 Å². The average Bonchev–Trinajstić information content (AvgIpc) is 3.27. The Kier molecular flexibility index (Phi) is 5.06. The Morgan fingerprint density at radius 3 is 2.87 bits per heavy atom.